The van der Waals surface area contributed by atoms with Crippen LogP contribution in [0.3, 0.4) is 0 Å². The van der Waals surface area contributed by atoms with E-state index in [4.69, 9.17) is 25.8 Å². The molecule has 3 rings (SSSR count). The van der Waals surface area contributed by atoms with Gasteiger partial charge in [-0.3, -0.25) is 9.52 Å². The first-order valence-electron chi connectivity index (χ1n) is 9.97. The van der Waals surface area contributed by atoms with Crippen LogP contribution in [-0.4, -0.2) is 57.2 Å². The number of carbonyl (C=O) groups is 2. The zero-order valence-corrected chi connectivity index (χ0v) is 19.1. The Hall–Kier alpha value is -2.21. The van der Waals surface area contributed by atoms with E-state index in [2.05, 4.69) is 10.0 Å². The fraction of sp³-hybridized carbons (Fsp3) is 0.500. The Morgan fingerprint density at radius 2 is 2.00 bits per heavy atom. The average molecular weight is 491 g/mol. The van der Waals surface area contributed by atoms with Gasteiger partial charge in [-0.05, 0) is 37.6 Å². The summed E-state index contributed by atoms with van der Waals surface area (Å²) in [5.41, 5.74) is -0.151. The summed E-state index contributed by atoms with van der Waals surface area (Å²) in [6.07, 6.45) is 1.46. The number of amides is 1. The SMILES string of the molecule is CCOC(=O)C1=CC2(CCC1S(=O)(=O)Nc1ccc(F)cc1Cl)OCC(NC(C)=O)CO2. The molecule has 32 heavy (non-hydrogen) atoms. The molecular formula is C20H24ClFN2O7S. The highest BCUT2D eigenvalue weighted by Crippen LogP contribution is 2.37. The molecule has 1 saturated heterocycles. The molecule has 2 aliphatic rings. The number of nitrogens with one attached hydrogen (secondary N) is 2. The van der Waals surface area contributed by atoms with Crippen molar-refractivity contribution in [3.05, 3.63) is 40.7 Å². The summed E-state index contributed by atoms with van der Waals surface area (Å²) < 4.78 is 58.5. The molecule has 1 unspecified atom stereocenters. The van der Waals surface area contributed by atoms with Crippen molar-refractivity contribution in [3.63, 3.8) is 0 Å². The molecule has 1 spiro atoms. The second-order valence-electron chi connectivity index (χ2n) is 7.45. The molecule has 1 aliphatic carbocycles. The second-order valence-corrected chi connectivity index (χ2v) is 9.72. The number of esters is 1. The molecule has 9 nitrogen and oxygen atoms in total. The third kappa shape index (κ3) is 5.58. The number of ether oxygens (including phenoxy) is 3. The Kier molecular flexibility index (Phi) is 7.43. The maximum Gasteiger partial charge on any atom is 0.335 e. The van der Waals surface area contributed by atoms with Crippen molar-refractivity contribution in [3.8, 4) is 0 Å². The molecule has 1 atom stereocenters. The molecule has 1 amide bonds. The van der Waals surface area contributed by atoms with Crippen LogP contribution in [0.4, 0.5) is 10.1 Å². The first-order chi connectivity index (χ1) is 15.0. The number of sulfonamides is 1. The highest BCUT2D eigenvalue weighted by Gasteiger charge is 2.46. The molecule has 1 fully saturated rings. The Bertz CT molecular complexity index is 1020. The van der Waals surface area contributed by atoms with Gasteiger partial charge in [-0.2, -0.15) is 0 Å². The van der Waals surface area contributed by atoms with Crippen LogP contribution < -0.4 is 10.0 Å². The lowest BCUT2D eigenvalue weighted by molar-refractivity contribution is -0.250. The fourth-order valence-corrected chi connectivity index (χ4v) is 5.41. The number of hydrogen-bond acceptors (Lipinski definition) is 7. The summed E-state index contributed by atoms with van der Waals surface area (Å²) in [6, 6.07) is 2.88. The summed E-state index contributed by atoms with van der Waals surface area (Å²) in [5, 5.41) is 1.29. The largest absolute Gasteiger partial charge is 0.463 e. The highest BCUT2D eigenvalue weighted by molar-refractivity contribution is 7.93. The van der Waals surface area contributed by atoms with Crippen LogP contribution in [0.15, 0.2) is 29.8 Å². The minimum atomic E-state index is -4.16. The Balaban J connectivity index is 1.87. The van der Waals surface area contributed by atoms with Crippen LogP contribution in [-0.2, 0) is 33.8 Å². The molecule has 0 bridgehead atoms. The highest BCUT2D eigenvalue weighted by atomic mass is 35.5. The standard InChI is InChI=1S/C20H24ClFN2O7S/c1-3-29-19(26)15-9-20(30-10-14(11-31-20)23-12(2)25)7-6-18(15)32(27,28)24-17-5-4-13(22)8-16(17)21/h4-5,8-9,14,18,24H,3,6-7,10-11H2,1-2H3,(H,23,25). The van der Waals surface area contributed by atoms with E-state index in [0.29, 0.717) is 0 Å². The number of carbonyl (C=O) groups excluding carboxylic acids is 2. The van der Waals surface area contributed by atoms with Crippen molar-refractivity contribution in [1.29, 1.82) is 0 Å². The van der Waals surface area contributed by atoms with E-state index in [1.165, 1.54) is 19.1 Å². The van der Waals surface area contributed by atoms with Gasteiger partial charge in [0.2, 0.25) is 15.9 Å². The van der Waals surface area contributed by atoms with Gasteiger partial charge in [-0.1, -0.05) is 11.6 Å². The van der Waals surface area contributed by atoms with Gasteiger partial charge in [-0.15, -0.1) is 0 Å². The molecule has 1 heterocycles. The van der Waals surface area contributed by atoms with E-state index < -0.39 is 32.8 Å². The number of halogens is 2. The monoisotopic (exact) mass is 490 g/mol. The molecule has 176 valence electrons. The summed E-state index contributed by atoms with van der Waals surface area (Å²) in [6.45, 7) is 3.28. The summed E-state index contributed by atoms with van der Waals surface area (Å²) in [4.78, 5) is 23.9. The number of benzene rings is 1. The maximum atomic E-state index is 13.3. The van der Waals surface area contributed by atoms with Crippen LogP contribution in [0.25, 0.3) is 0 Å². The lowest BCUT2D eigenvalue weighted by atomic mass is 9.93. The van der Waals surface area contributed by atoms with Crippen molar-refractivity contribution in [1.82, 2.24) is 5.32 Å². The Labute approximate surface area is 190 Å². The number of hydrogen-bond donors (Lipinski definition) is 2. The predicted molar refractivity (Wildman–Crippen MR) is 114 cm³/mol. The zero-order chi connectivity index (χ0) is 23.5. The first kappa shape index (κ1) is 24.4. The van der Waals surface area contributed by atoms with Crippen molar-refractivity contribution in [2.24, 2.45) is 0 Å². The van der Waals surface area contributed by atoms with E-state index in [0.717, 1.165) is 12.1 Å². The Morgan fingerprint density at radius 3 is 2.59 bits per heavy atom. The lowest BCUT2D eigenvalue weighted by Crippen LogP contribution is -2.53. The minimum absolute atomic E-state index is 0.0103. The third-order valence-corrected chi connectivity index (χ3v) is 7.07. The van der Waals surface area contributed by atoms with Crippen molar-refractivity contribution >= 4 is 39.2 Å². The van der Waals surface area contributed by atoms with Gasteiger partial charge in [0.1, 0.15) is 11.1 Å². The van der Waals surface area contributed by atoms with Gasteiger partial charge < -0.3 is 19.5 Å². The zero-order valence-electron chi connectivity index (χ0n) is 17.5. The van der Waals surface area contributed by atoms with Crippen LogP contribution >= 0.6 is 11.6 Å². The molecule has 0 radical (unpaired) electrons. The summed E-state index contributed by atoms with van der Waals surface area (Å²) in [5.74, 6) is -2.98. The average Bonchev–Trinajstić information content (AvgIpc) is 2.72. The number of anilines is 1. The molecule has 2 N–H and O–H groups in total. The minimum Gasteiger partial charge on any atom is -0.463 e. The third-order valence-electron chi connectivity index (χ3n) is 5.01. The summed E-state index contributed by atoms with van der Waals surface area (Å²) in [7, 11) is -4.16. The van der Waals surface area contributed by atoms with E-state index in [-0.39, 0.29) is 60.9 Å². The van der Waals surface area contributed by atoms with E-state index in [1.807, 2.05) is 0 Å². The normalized spacial score (nSPS) is 25.7. The maximum absolute atomic E-state index is 13.3. The van der Waals surface area contributed by atoms with Gasteiger partial charge in [-0.25, -0.2) is 17.6 Å². The molecule has 0 aromatic heterocycles. The van der Waals surface area contributed by atoms with Crippen LogP contribution in [0, 0.1) is 5.82 Å². The van der Waals surface area contributed by atoms with Gasteiger partial charge in [0.15, 0.2) is 5.79 Å². The Morgan fingerprint density at radius 1 is 1.31 bits per heavy atom. The quantitative estimate of drug-likeness (QED) is 0.586. The van der Waals surface area contributed by atoms with Gasteiger partial charge >= 0.3 is 5.97 Å². The van der Waals surface area contributed by atoms with Gasteiger partial charge in [0.05, 0.1) is 42.1 Å². The van der Waals surface area contributed by atoms with Crippen molar-refractivity contribution in [2.75, 3.05) is 24.5 Å². The lowest BCUT2D eigenvalue weighted by Gasteiger charge is -2.42. The predicted octanol–water partition coefficient (Wildman–Crippen LogP) is 2.12. The van der Waals surface area contributed by atoms with Crippen LogP contribution in [0.2, 0.25) is 5.02 Å². The molecule has 1 aromatic rings. The number of rotatable bonds is 6. The summed E-state index contributed by atoms with van der Waals surface area (Å²) >= 11 is 5.95. The molecule has 0 saturated carbocycles. The van der Waals surface area contributed by atoms with Crippen molar-refractivity contribution in [2.45, 2.75) is 43.8 Å². The smallest absolute Gasteiger partial charge is 0.335 e. The molecule has 1 aliphatic heterocycles. The molecule has 12 heteroatoms. The van der Waals surface area contributed by atoms with E-state index in [9.17, 15) is 22.4 Å². The molecule has 1 aromatic carbocycles. The first-order valence-corrected chi connectivity index (χ1v) is 11.9. The van der Waals surface area contributed by atoms with E-state index in [1.54, 1.807) is 6.92 Å². The van der Waals surface area contributed by atoms with Crippen LogP contribution in [0.5, 0.6) is 0 Å². The molecular weight excluding hydrogens is 467 g/mol. The second kappa shape index (κ2) is 9.74. The topological polar surface area (TPSA) is 120 Å². The van der Waals surface area contributed by atoms with Crippen molar-refractivity contribution < 1.29 is 36.6 Å². The van der Waals surface area contributed by atoms with E-state index >= 15 is 0 Å². The van der Waals surface area contributed by atoms with Gasteiger partial charge in [0.25, 0.3) is 0 Å². The van der Waals surface area contributed by atoms with Crippen LogP contribution in [0.1, 0.15) is 26.7 Å². The van der Waals surface area contributed by atoms with Gasteiger partial charge in [0, 0.05) is 13.3 Å². The fourth-order valence-electron chi connectivity index (χ4n) is 3.59.